The van der Waals surface area contributed by atoms with Gasteiger partial charge in [-0.3, -0.25) is 9.79 Å². The Labute approximate surface area is 175 Å². The number of rotatable bonds is 7. The largest absolute Gasteiger partial charge is 0.399 e. The van der Waals surface area contributed by atoms with Crippen molar-refractivity contribution in [1.29, 1.82) is 0 Å². The summed E-state index contributed by atoms with van der Waals surface area (Å²) in [6.07, 6.45) is 6.26. The average Bonchev–Trinajstić information content (AvgIpc) is 2.69. The maximum atomic E-state index is 10.5. The van der Waals surface area contributed by atoms with Crippen LogP contribution in [0.15, 0.2) is 76.9 Å². The molecule has 4 nitrogen and oxygen atoms in total. The lowest BCUT2D eigenvalue weighted by Crippen LogP contribution is -2.09. The smallest absolute Gasteiger partial charge is 0.150 e. The molecule has 0 fully saturated rings. The van der Waals surface area contributed by atoms with E-state index in [-0.39, 0.29) is 0 Å². The topological polar surface area (TPSA) is 67.5 Å². The van der Waals surface area contributed by atoms with Gasteiger partial charge in [0.2, 0.25) is 0 Å². The molecular weight excluding hydrogens is 358 g/mol. The van der Waals surface area contributed by atoms with Crippen LogP contribution in [0.25, 0.3) is 11.1 Å². The fourth-order valence-corrected chi connectivity index (χ4v) is 2.73. The molecule has 0 aliphatic carbocycles. The minimum absolute atomic E-state index is 0.689. The zero-order chi connectivity index (χ0) is 21.6. The van der Waals surface area contributed by atoms with Gasteiger partial charge < -0.3 is 11.1 Å². The number of allylic oxidation sites excluding steroid dienone is 2. The van der Waals surface area contributed by atoms with Crippen LogP contribution in [-0.4, -0.2) is 25.6 Å². The predicted molar refractivity (Wildman–Crippen MR) is 127 cm³/mol. The number of nitrogen functional groups attached to an aromatic ring is 1. The number of likely N-dealkylation sites (N-methyl/N-ethyl adjacent to an activating group) is 1. The summed E-state index contributed by atoms with van der Waals surface area (Å²) in [4.78, 5) is 14.9. The molecule has 0 saturated heterocycles. The molecule has 3 N–H and O–H groups in total. The van der Waals surface area contributed by atoms with Crippen molar-refractivity contribution in [2.75, 3.05) is 19.3 Å². The number of nitrogens with one attached hydrogen (secondary N) is 1. The molecule has 0 bridgehead atoms. The SMILES string of the molecule is CC/C=C(/C=C(/C)N=C(C)C)CNC.Nc1ccc(-c2ccc(C=O)cc2)cc1. The van der Waals surface area contributed by atoms with Gasteiger partial charge in [-0.05, 0) is 69.1 Å². The van der Waals surface area contributed by atoms with Gasteiger partial charge in [0.05, 0.1) is 0 Å². The second-order valence-electron chi connectivity index (χ2n) is 6.92. The van der Waals surface area contributed by atoms with Crippen molar-refractivity contribution >= 4 is 17.7 Å². The molecule has 0 atom stereocenters. The monoisotopic (exact) mass is 391 g/mol. The molecule has 29 heavy (non-hydrogen) atoms. The summed E-state index contributed by atoms with van der Waals surface area (Å²) in [5, 5.41) is 3.15. The maximum Gasteiger partial charge on any atom is 0.150 e. The Morgan fingerprint density at radius 2 is 1.55 bits per heavy atom. The summed E-state index contributed by atoms with van der Waals surface area (Å²) in [7, 11) is 1.96. The van der Waals surface area contributed by atoms with E-state index < -0.39 is 0 Å². The fraction of sp³-hybridized carbons (Fsp3) is 0.280. The van der Waals surface area contributed by atoms with Crippen molar-refractivity contribution in [3.8, 4) is 11.1 Å². The average molecular weight is 392 g/mol. The Balaban J connectivity index is 0.000000291. The van der Waals surface area contributed by atoms with Gasteiger partial charge in [0, 0.05) is 29.2 Å². The van der Waals surface area contributed by atoms with E-state index in [1.54, 1.807) is 12.1 Å². The molecule has 0 heterocycles. The summed E-state index contributed by atoms with van der Waals surface area (Å²) in [5.41, 5.74) is 12.7. The molecule has 4 heteroatoms. The quantitative estimate of drug-likeness (QED) is 0.276. The fourth-order valence-electron chi connectivity index (χ4n) is 2.73. The third-order valence-electron chi connectivity index (χ3n) is 3.93. The van der Waals surface area contributed by atoms with Gasteiger partial charge in [-0.25, -0.2) is 0 Å². The molecule has 0 spiro atoms. The normalized spacial score (nSPS) is 11.3. The van der Waals surface area contributed by atoms with Gasteiger partial charge in [0.25, 0.3) is 0 Å². The number of carbonyl (C=O) groups excluding carboxylic acids is 1. The first-order valence-electron chi connectivity index (χ1n) is 9.84. The number of anilines is 1. The molecule has 0 radical (unpaired) electrons. The second-order valence-corrected chi connectivity index (χ2v) is 6.92. The molecule has 2 rings (SSSR count). The van der Waals surface area contributed by atoms with Crippen LogP contribution >= 0.6 is 0 Å². The van der Waals surface area contributed by atoms with E-state index in [1.807, 2.05) is 64.2 Å². The summed E-state index contributed by atoms with van der Waals surface area (Å²) in [5.74, 6) is 0. The number of hydrogen-bond donors (Lipinski definition) is 2. The van der Waals surface area contributed by atoms with Gasteiger partial charge in [0.15, 0.2) is 0 Å². The maximum absolute atomic E-state index is 10.5. The predicted octanol–water partition coefficient (Wildman–Crippen LogP) is 5.68. The van der Waals surface area contributed by atoms with Crippen LogP contribution in [0.2, 0.25) is 0 Å². The standard InChI is InChI=1S/C13H11NO.C12H22N2/c14-13-7-5-12(6-8-13)11-3-1-10(9-15)2-4-11;1-6-7-12(9-13-5)8-11(4)14-10(2)3/h1-9H,14H2;7-8,13H,6,9H2,1-5H3/b;11-8-,12-7-. The van der Waals surface area contributed by atoms with E-state index in [4.69, 9.17) is 5.73 Å². The molecule has 2 aromatic rings. The number of aliphatic imine (C=N–C) groups is 1. The van der Waals surface area contributed by atoms with Crippen molar-refractivity contribution in [2.45, 2.75) is 34.1 Å². The lowest BCUT2D eigenvalue weighted by molar-refractivity contribution is 0.112. The Morgan fingerprint density at radius 3 is 2.00 bits per heavy atom. The van der Waals surface area contributed by atoms with Gasteiger partial charge in [0.1, 0.15) is 6.29 Å². The van der Waals surface area contributed by atoms with Crippen LogP contribution in [0.5, 0.6) is 0 Å². The number of carbonyl (C=O) groups is 1. The highest BCUT2D eigenvalue weighted by molar-refractivity contribution is 5.80. The zero-order valence-corrected chi connectivity index (χ0v) is 18.2. The Hall–Kier alpha value is -2.98. The summed E-state index contributed by atoms with van der Waals surface area (Å²) in [6, 6.07) is 15.1. The van der Waals surface area contributed by atoms with Crippen LogP contribution in [0.1, 0.15) is 44.5 Å². The van der Waals surface area contributed by atoms with E-state index in [9.17, 15) is 4.79 Å². The second kappa shape index (κ2) is 13.2. The highest BCUT2D eigenvalue weighted by atomic mass is 16.1. The number of aldehydes is 1. The van der Waals surface area contributed by atoms with Gasteiger partial charge in [-0.2, -0.15) is 0 Å². The third kappa shape index (κ3) is 9.67. The molecular formula is C25H33N3O. The van der Waals surface area contributed by atoms with Gasteiger partial charge >= 0.3 is 0 Å². The molecule has 0 unspecified atom stereocenters. The Bertz CT molecular complexity index is 841. The third-order valence-corrected chi connectivity index (χ3v) is 3.93. The van der Waals surface area contributed by atoms with Gasteiger partial charge in [-0.15, -0.1) is 0 Å². The minimum atomic E-state index is 0.689. The van der Waals surface area contributed by atoms with Crippen molar-refractivity contribution in [2.24, 2.45) is 4.99 Å². The molecule has 154 valence electrons. The molecule has 0 aliphatic rings. The minimum Gasteiger partial charge on any atom is -0.399 e. The first kappa shape index (κ1) is 24.1. The highest BCUT2D eigenvalue weighted by Gasteiger charge is 1.97. The van der Waals surface area contributed by atoms with Crippen molar-refractivity contribution in [3.05, 3.63) is 77.5 Å². The van der Waals surface area contributed by atoms with E-state index in [1.165, 1.54) is 5.57 Å². The first-order valence-corrected chi connectivity index (χ1v) is 9.84. The van der Waals surface area contributed by atoms with E-state index >= 15 is 0 Å². The molecule has 0 saturated carbocycles. The zero-order valence-electron chi connectivity index (χ0n) is 18.2. The van der Waals surface area contributed by atoms with Gasteiger partial charge in [-0.1, -0.05) is 49.4 Å². The van der Waals surface area contributed by atoms with Crippen LogP contribution in [-0.2, 0) is 0 Å². The van der Waals surface area contributed by atoms with E-state index in [0.29, 0.717) is 5.56 Å². The first-order chi connectivity index (χ1) is 13.9. The van der Waals surface area contributed by atoms with Crippen molar-refractivity contribution in [3.63, 3.8) is 0 Å². The van der Waals surface area contributed by atoms with Crippen LogP contribution in [0, 0.1) is 0 Å². The number of nitrogens with two attached hydrogens (primary N) is 1. The lowest BCUT2D eigenvalue weighted by Gasteiger charge is -2.02. The van der Waals surface area contributed by atoms with Crippen molar-refractivity contribution < 1.29 is 4.79 Å². The number of hydrogen-bond acceptors (Lipinski definition) is 4. The molecule has 0 amide bonds. The Morgan fingerprint density at radius 1 is 1.00 bits per heavy atom. The highest BCUT2D eigenvalue weighted by Crippen LogP contribution is 2.20. The number of nitrogens with zero attached hydrogens (tertiary/aromatic N) is 1. The Kier molecular flexibility index (Phi) is 11.0. The summed E-state index contributed by atoms with van der Waals surface area (Å²) < 4.78 is 0. The molecule has 0 aromatic heterocycles. The molecule has 0 aliphatic heterocycles. The van der Waals surface area contributed by atoms with E-state index in [2.05, 4.69) is 29.4 Å². The molecule has 2 aromatic carbocycles. The summed E-state index contributed by atoms with van der Waals surface area (Å²) >= 11 is 0. The number of benzene rings is 2. The van der Waals surface area contributed by atoms with Crippen LogP contribution in [0.3, 0.4) is 0 Å². The summed E-state index contributed by atoms with van der Waals surface area (Å²) in [6.45, 7) is 9.11. The van der Waals surface area contributed by atoms with E-state index in [0.717, 1.165) is 47.5 Å². The van der Waals surface area contributed by atoms with Crippen LogP contribution < -0.4 is 11.1 Å². The van der Waals surface area contributed by atoms with Crippen LogP contribution in [0.4, 0.5) is 5.69 Å². The lowest BCUT2D eigenvalue weighted by atomic mass is 10.0. The van der Waals surface area contributed by atoms with Crippen molar-refractivity contribution in [1.82, 2.24) is 5.32 Å².